The Morgan fingerprint density at radius 3 is 2.70 bits per heavy atom. The maximum Gasteiger partial charge on any atom is 0.257 e. The third-order valence-electron chi connectivity index (χ3n) is 3.81. The van der Waals surface area contributed by atoms with Crippen molar-refractivity contribution in [2.24, 2.45) is 0 Å². The molecule has 3 aromatic rings. The van der Waals surface area contributed by atoms with Crippen LogP contribution in [0.1, 0.15) is 5.56 Å². The first-order chi connectivity index (χ1) is 13.2. The number of hydrogen-bond acceptors (Lipinski definition) is 4. The van der Waals surface area contributed by atoms with Gasteiger partial charge in [-0.25, -0.2) is 4.98 Å². The zero-order valence-electron chi connectivity index (χ0n) is 14.9. The second kappa shape index (κ2) is 9.64. The second-order valence-electron chi connectivity index (χ2n) is 5.71. The molecule has 5 nitrogen and oxygen atoms in total. The molecule has 1 N–H and O–H groups in total. The minimum absolute atomic E-state index is 0.0375. The van der Waals surface area contributed by atoms with Gasteiger partial charge in [-0.3, -0.25) is 4.79 Å². The van der Waals surface area contributed by atoms with E-state index in [1.165, 1.54) is 4.90 Å². The third-order valence-corrected chi connectivity index (χ3v) is 4.82. The van der Waals surface area contributed by atoms with Crippen LogP contribution in [0.3, 0.4) is 0 Å². The van der Waals surface area contributed by atoms with E-state index in [1.54, 1.807) is 24.3 Å². The summed E-state index contributed by atoms with van der Waals surface area (Å²) in [5, 5.41) is 2.88. The quantitative estimate of drug-likeness (QED) is 0.455. The minimum atomic E-state index is -0.147. The molecule has 6 heteroatoms. The number of nitrogens with zero attached hydrogens (tertiary/aromatic N) is 2. The summed E-state index contributed by atoms with van der Waals surface area (Å²) in [4.78, 5) is 17.3. The molecule has 2 aromatic carbocycles. The van der Waals surface area contributed by atoms with Crippen LogP contribution in [0, 0.1) is 0 Å². The molecule has 27 heavy (non-hydrogen) atoms. The fraction of sp³-hybridized carbons (Fsp3) is 0.143. The molecule has 0 aliphatic heterocycles. The third kappa shape index (κ3) is 5.49. The van der Waals surface area contributed by atoms with Crippen molar-refractivity contribution in [1.82, 2.24) is 14.9 Å². The summed E-state index contributed by atoms with van der Waals surface area (Å²) in [7, 11) is 0. The van der Waals surface area contributed by atoms with E-state index in [4.69, 9.17) is 4.74 Å². The lowest BCUT2D eigenvalue weighted by Gasteiger charge is -2.13. The highest BCUT2D eigenvalue weighted by molar-refractivity contribution is 7.99. The molecule has 0 saturated carbocycles. The monoisotopic (exact) mass is 379 g/mol. The predicted octanol–water partition coefficient (Wildman–Crippen LogP) is 3.69. The Morgan fingerprint density at radius 2 is 1.93 bits per heavy atom. The Bertz CT molecular complexity index is 879. The molecule has 0 aliphatic rings. The van der Waals surface area contributed by atoms with E-state index in [1.807, 2.05) is 53.2 Å². The lowest BCUT2D eigenvalue weighted by Crippen LogP contribution is -2.30. The van der Waals surface area contributed by atoms with Gasteiger partial charge < -0.3 is 14.6 Å². The molecule has 1 amide bonds. The van der Waals surface area contributed by atoms with Crippen LogP contribution in [-0.4, -0.2) is 34.4 Å². The molecule has 0 unspecified atom stereocenters. The number of rotatable bonds is 9. The lowest BCUT2D eigenvalue weighted by atomic mass is 10.1. The van der Waals surface area contributed by atoms with Gasteiger partial charge in [0.1, 0.15) is 5.75 Å². The van der Waals surface area contributed by atoms with Crippen LogP contribution in [0.25, 0.3) is 5.70 Å². The van der Waals surface area contributed by atoms with Gasteiger partial charge in [-0.15, -0.1) is 11.8 Å². The molecular weight excluding hydrogens is 358 g/mol. The number of ether oxygens (including phenoxy) is 1. The highest BCUT2D eigenvalue weighted by Crippen LogP contribution is 2.25. The molecule has 0 saturated heterocycles. The van der Waals surface area contributed by atoms with E-state index in [0.717, 1.165) is 17.0 Å². The average molecular weight is 379 g/mol. The van der Waals surface area contributed by atoms with Crippen molar-refractivity contribution in [2.45, 2.75) is 4.90 Å². The van der Waals surface area contributed by atoms with Crippen LogP contribution in [-0.2, 0) is 4.79 Å². The van der Waals surface area contributed by atoms with E-state index in [0.29, 0.717) is 12.3 Å². The molecule has 0 atom stereocenters. The number of carbonyl (C=O) groups excluding carboxylic acids is 1. The zero-order chi connectivity index (χ0) is 18.9. The van der Waals surface area contributed by atoms with Crippen molar-refractivity contribution in [3.05, 3.63) is 85.5 Å². The van der Waals surface area contributed by atoms with E-state index in [-0.39, 0.29) is 12.5 Å². The molecule has 3 rings (SSSR count). The predicted molar refractivity (Wildman–Crippen MR) is 109 cm³/mol. The van der Waals surface area contributed by atoms with Crippen molar-refractivity contribution in [1.29, 1.82) is 0 Å². The Morgan fingerprint density at radius 1 is 1.15 bits per heavy atom. The first kappa shape index (κ1) is 18.8. The highest BCUT2D eigenvalue weighted by Gasteiger charge is 2.10. The first-order valence-corrected chi connectivity index (χ1v) is 9.56. The van der Waals surface area contributed by atoms with Gasteiger partial charge in [0.2, 0.25) is 0 Å². The summed E-state index contributed by atoms with van der Waals surface area (Å²) in [6, 6.07) is 17.6. The molecule has 138 valence electrons. The molecule has 0 radical (unpaired) electrons. The highest BCUT2D eigenvalue weighted by atomic mass is 32.2. The number of para-hydroxylation sites is 1. The number of thioether (sulfide) groups is 1. The molecule has 0 bridgehead atoms. The maximum atomic E-state index is 12.1. The number of imidazole rings is 1. The number of nitrogens with one attached hydrogen (secondary N) is 1. The van der Waals surface area contributed by atoms with Gasteiger partial charge in [-0.1, -0.05) is 36.9 Å². The van der Waals surface area contributed by atoms with Crippen LogP contribution in [0.4, 0.5) is 0 Å². The van der Waals surface area contributed by atoms with Gasteiger partial charge in [-0.2, -0.15) is 0 Å². The number of carbonyl (C=O) groups is 1. The summed E-state index contributed by atoms with van der Waals surface area (Å²) < 4.78 is 7.53. The zero-order valence-corrected chi connectivity index (χ0v) is 15.7. The number of aromatic nitrogens is 2. The smallest absolute Gasteiger partial charge is 0.257 e. The summed E-state index contributed by atoms with van der Waals surface area (Å²) >= 11 is 1.71. The Balaban J connectivity index is 1.47. The summed E-state index contributed by atoms with van der Waals surface area (Å²) in [6.45, 7) is 4.64. The molecule has 1 heterocycles. The van der Waals surface area contributed by atoms with Crippen LogP contribution < -0.4 is 10.1 Å². The summed E-state index contributed by atoms with van der Waals surface area (Å²) in [5.74, 6) is 1.28. The SMILES string of the molecule is C=C(c1ccccc1OCC(=O)NCCSc1ccccc1)n1ccnc1. The van der Waals surface area contributed by atoms with Crippen molar-refractivity contribution in [3.63, 3.8) is 0 Å². The van der Waals surface area contributed by atoms with Gasteiger partial charge >= 0.3 is 0 Å². The fourth-order valence-corrected chi connectivity index (χ4v) is 3.25. The van der Waals surface area contributed by atoms with Crippen LogP contribution in [0.15, 0.2) is 84.8 Å². The molecule has 1 aromatic heterocycles. The van der Waals surface area contributed by atoms with Crippen molar-refractivity contribution in [2.75, 3.05) is 18.9 Å². The van der Waals surface area contributed by atoms with Crippen LogP contribution in [0.2, 0.25) is 0 Å². The normalized spacial score (nSPS) is 10.4. The lowest BCUT2D eigenvalue weighted by molar-refractivity contribution is -0.122. The Kier molecular flexibility index (Phi) is 6.71. The van der Waals surface area contributed by atoms with Gasteiger partial charge in [0, 0.05) is 35.2 Å². The molecule has 0 fully saturated rings. The van der Waals surface area contributed by atoms with Crippen molar-refractivity contribution in [3.8, 4) is 5.75 Å². The Hall–Kier alpha value is -2.99. The van der Waals surface area contributed by atoms with E-state index >= 15 is 0 Å². The standard InChI is InChI=1S/C21H21N3O2S/c1-17(24-13-11-22-16-24)19-9-5-6-10-20(19)26-15-21(25)23-12-14-27-18-7-3-2-4-8-18/h2-11,13,16H,1,12,14-15H2,(H,23,25). The second-order valence-corrected chi connectivity index (χ2v) is 6.88. The summed E-state index contributed by atoms with van der Waals surface area (Å²) in [6.07, 6.45) is 5.18. The van der Waals surface area contributed by atoms with Gasteiger partial charge in [0.05, 0.1) is 12.0 Å². The minimum Gasteiger partial charge on any atom is -0.483 e. The van der Waals surface area contributed by atoms with Gasteiger partial charge in [0.25, 0.3) is 5.91 Å². The average Bonchev–Trinajstić information content (AvgIpc) is 3.25. The van der Waals surface area contributed by atoms with Crippen molar-refractivity contribution < 1.29 is 9.53 Å². The number of benzene rings is 2. The fourth-order valence-electron chi connectivity index (χ4n) is 2.46. The summed E-state index contributed by atoms with van der Waals surface area (Å²) in [5.41, 5.74) is 1.56. The van der Waals surface area contributed by atoms with E-state index < -0.39 is 0 Å². The van der Waals surface area contributed by atoms with Gasteiger partial charge in [-0.05, 0) is 24.3 Å². The van der Waals surface area contributed by atoms with Gasteiger partial charge in [0.15, 0.2) is 6.61 Å². The van der Waals surface area contributed by atoms with Crippen LogP contribution in [0.5, 0.6) is 5.75 Å². The first-order valence-electron chi connectivity index (χ1n) is 8.58. The topological polar surface area (TPSA) is 56.1 Å². The van der Waals surface area contributed by atoms with Crippen LogP contribution >= 0.6 is 11.8 Å². The number of amides is 1. The molecule has 0 spiro atoms. The van der Waals surface area contributed by atoms with E-state index in [2.05, 4.69) is 29.0 Å². The maximum absolute atomic E-state index is 12.1. The molecular formula is C21H21N3O2S. The van der Waals surface area contributed by atoms with E-state index in [9.17, 15) is 4.79 Å². The Labute approximate surface area is 163 Å². The largest absolute Gasteiger partial charge is 0.483 e. The van der Waals surface area contributed by atoms with Crippen molar-refractivity contribution >= 4 is 23.4 Å². The molecule has 0 aliphatic carbocycles. The number of hydrogen-bond donors (Lipinski definition) is 1.